The van der Waals surface area contributed by atoms with E-state index in [4.69, 9.17) is 0 Å². The Hall–Kier alpha value is -1.97. The molecule has 4 nitrogen and oxygen atoms in total. The molecule has 1 aromatic carbocycles. The minimum atomic E-state index is -0.882. The number of fused-ring (bicyclic) bond motifs is 1. The number of aromatic hydroxyl groups is 2. The molecule has 0 heterocycles. The third-order valence-corrected chi connectivity index (χ3v) is 8.98. The molecule has 0 amide bonds. The highest BCUT2D eigenvalue weighted by Gasteiger charge is 2.68. The third kappa shape index (κ3) is 2.46. The number of aliphatic carboxylic acids is 1. The van der Waals surface area contributed by atoms with Gasteiger partial charge in [0.2, 0.25) is 0 Å². The number of rotatable bonds is 3. The largest absolute Gasteiger partial charge is 0.504 e. The number of hydrogen-bond acceptors (Lipinski definition) is 3. The summed E-state index contributed by atoms with van der Waals surface area (Å²) in [4.78, 5) is 12.4. The van der Waals surface area contributed by atoms with E-state index in [1.165, 1.54) is 25.0 Å². The van der Waals surface area contributed by atoms with Gasteiger partial charge < -0.3 is 15.3 Å². The van der Waals surface area contributed by atoms with Crippen molar-refractivity contribution in [2.75, 3.05) is 0 Å². The monoisotopic (exact) mass is 384 g/mol. The first-order valence-electron chi connectivity index (χ1n) is 10.5. The Balaban J connectivity index is 1.79. The van der Waals surface area contributed by atoms with Crippen LogP contribution >= 0.6 is 0 Å². The van der Waals surface area contributed by atoms with Gasteiger partial charge >= 0.3 is 5.97 Å². The zero-order chi connectivity index (χ0) is 20.5. The number of benzene rings is 1. The molecule has 3 aliphatic rings. The van der Waals surface area contributed by atoms with Crippen LogP contribution in [0.3, 0.4) is 0 Å². The van der Waals surface area contributed by atoms with Crippen molar-refractivity contribution in [2.24, 2.45) is 34.0 Å². The standard InChI is InChI=1S/C24H32O4/c1-14-5-8-19-22(2,3)20-13-24(14,19)10-9-23(20,4)16(21(27)28)11-15-6-7-17(25)18(26)12-15/h6-7,11-12,14,19-20,25-26H,5,8-10,13H2,1-4H3,(H,27,28)/b16-11-. The summed E-state index contributed by atoms with van der Waals surface area (Å²) >= 11 is 0. The Morgan fingerprint density at radius 3 is 2.43 bits per heavy atom. The second-order valence-electron chi connectivity index (χ2n) is 10.4. The van der Waals surface area contributed by atoms with Crippen LogP contribution in [0.25, 0.3) is 6.08 Å². The molecule has 3 aliphatic carbocycles. The number of carbonyl (C=O) groups is 1. The first-order valence-corrected chi connectivity index (χ1v) is 10.5. The molecular formula is C24H32O4. The van der Waals surface area contributed by atoms with Crippen molar-refractivity contribution in [2.45, 2.75) is 59.8 Å². The van der Waals surface area contributed by atoms with Crippen molar-refractivity contribution < 1.29 is 20.1 Å². The molecule has 0 aliphatic heterocycles. The molecule has 5 atom stereocenters. The van der Waals surface area contributed by atoms with Crippen molar-refractivity contribution in [3.05, 3.63) is 29.3 Å². The van der Waals surface area contributed by atoms with Crippen LogP contribution in [-0.4, -0.2) is 21.3 Å². The van der Waals surface area contributed by atoms with Gasteiger partial charge in [-0.15, -0.1) is 0 Å². The first-order chi connectivity index (χ1) is 13.0. The zero-order valence-corrected chi connectivity index (χ0v) is 17.3. The maximum Gasteiger partial charge on any atom is 0.332 e. The summed E-state index contributed by atoms with van der Waals surface area (Å²) in [6.07, 6.45) is 7.37. The van der Waals surface area contributed by atoms with Crippen molar-refractivity contribution in [1.29, 1.82) is 0 Å². The molecule has 4 rings (SSSR count). The molecule has 1 aromatic rings. The van der Waals surface area contributed by atoms with Gasteiger partial charge in [-0.3, -0.25) is 0 Å². The SMILES string of the molecule is CC1CCC2C(C)(C)C3CC12CCC3(C)/C(=C\c1ccc(O)c(O)c1)C(=O)O. The fraction of sp³-hybridized carbons (Fsp3) is 0.625. The van der Waals surface area contributed by atoms with Gasteiger partial charge in [-0.2, -0.15) is 0 Å². The van der Waals surface area contributed by atoms with Crippen LogP contribution in [0.1, 0.15) is 65.4 Å². The van der Waals surface area contributed by atoms with Gasteiger partial charge in [0.25, 0.3) is 0 Å². The molecule has 0 radical (unpaired) electrons. The lowest BCUT2D eigenvalue weighted by Gasteiger charge is -2.48. The minimum absolute atomic E-state index is 0.113. The third-order valence-electron chi connectivity index (χ3n) is 8.98. The van der Waals surface area contributed by atoms with Crippen molar-refractivity contribution in [3.63, 3.8) is 0 Å². The topological polar surface area (TPSA) is 77.8 Å². The fourth-order valence-corrected chi connectivity index (χ4v) is 7.50. The Labute approximate surface area is 167 Å². The van der Waals surface area contributed by atoms with E-state index >= 15 is 0 Å². The molecule has 0 saturated heterocycles. The van der Waals surface area contributed by atoms with Gasteiger partial charge in [0, 0.05) is 11.0 Å². The molecule has 2 bridgehead atoms. The summed E-state index contributed by atoms with van der Waals surface area (Å²) in [5.41, 5.74) is 1.13. The second-order valence-corrected chi connectivity index (χ2v) is 10.4. The number of phenolic OH excluding ortho intramolecular Hbond substituents is 2. The molecule has 3 fully saturated rings. The van der Waals surface area contributed by atoms with E-state index in [0.717, 1.165) is 25.2 Å². The van der Waals surface area contributed by atoms with E-state index in [9.17, 15) is 20.1 Å². The van der Waals surface area contributed by atoms with Crippen molar-refractivity contribution in [3.8, 4) is 11.5 Å². The van der Waals surface area contributed by atoms with E-state index < -0.39 is 11.4 Å². The Bertz CT molecular complexity index is 854. The Morgan fingerprint density at radius 2 is 1.79 bits per heavy atom. The van der Waals surface area contributed by atoms with Crippen LogP contribution in [0.4, 0.5) is 0 Å². The van der Waals surface area contributed by atoms with Crippen molar-refractivity contribution in [1.82, 2.24) is 0 Å². The molecule has 0 aromatic heterocycles. The summed E-state index contributed by atoms with van der Waals surface area (Å²) in [5, 5.41) is 29.5. The van der Waals surface area contributed by atoms with Crippen molar-refractivity contribution >= 4 is 12.0 Å². The van der Waals surface area contributed by atoms with E-state index in [-0.39, 0.29) is 16.9 Å². The molecule has 3 N–H and O–H groups in total. The summed E-state index contributed by atoms with van der Waals surface area (Å²) < 4.78 is 0. The smallest absolute Gasteiger partial charge is 0.332 e. The molecule has 4 heteroatoms. The zero-order valence-electron chi connectivity index (χ0n) is 17.3. The second kappa shape index (κ2) is 6.01. The lowest BCUT2D eigenvalue weighted by molar-refractivity contribution is -0.135. The normalized spacial score (nSPS) is 39.0. The average molecular weight is 385 g/mol. The van der Waals surface area contributed by atoms with E-state index in [1.807, 2.05) is 0 Å². The van der Waals surface area contributed by atoms with Gasteiger partial charge in [0.05, 0.1) is 0 Å². The maximum absolute atomic E-state index is 12.4. The highest BCUT2D eigenvalue weighted by Crippen LogP contribution is 2.75. The highest BCUT2D eigenvalue weighted by molar-refractivity contribution is 5.94. The van der Waals surface area contributed by atoms with Gasteiger partial charge in [-0.1, -0.05) is 33.8 Å². The number of hydrogen-bond donors (Lipinski definition) is 3. The average Bonchev–Trinajstić information content (AvgIpc) is 3.04. The summed E-state index contributed by atoms with van der Waals surface area (Å²) in [5.74, 6) is 0.420. The van der Waals surface area contributed by atoms with Crippen LogP contribution in [-0.2, 0) is 4.79 Å². The van der Waals surface area contributed by atoms with Gasteiger partial charge in [-0.05, 0) is 84.5 Å². The number of phenols is 2. The Kier molecular flexibility index (Phi) is 4.16. The predicted molar refractivity (Wildman–Crippen MR) is 109 cm³/mol. The van der Waals surface area contributed by atoms with Gasteiger partial charge in [-0.25, -0.2) is 4.79 Å². The van der Waals surface area contributed by atoms with Crippen LogP contribution in [0, 0.1) is 34.0 Å². The summed E-state index contributed by atoms with van der Waals surface area (Å²) in [6, 6.07) is 4.50. The lowest BCUT2D eigenvalue weighted by Crippen LogP contribution is -2.42. The fourth-order valence-electron chi connectivity index (χ4n) is 7.50. The highest BCUT2D eigenvalue weighted by atomic mass is 16.4. The predicted octanol–water partition coefficient (Wildman–Crippen LogP) is 5.44. The van der Waals surface area contributed by atoms with E-state index in [0.29, 0.717) is 28.4 Å². The van der Waals surface area contributed by atoms with Gasteiger partial charge in [0.15, 0.2) is 11.5 Å². The quantitative estimate of drug-likeness (QED) is 0.479. The van der Waals surface area contributed by atoms with E-state index in [1.54, 1.807) is 12.1 Å². The molecule has 3 saturated carbocycles. The van der Waals surface area contributed by atoms with Gasteiger partial charge in [0.1, 0.15) is 0 Å². The number of carboxylic acid groups (broad SMARTS) is 1. The van der Waals surface area contributed by atoms with Crippen LogP contribution < -0.4 is 0 Å². The maximum atomic E-state index is 12.4. The minimum Gasteiger partial charge on any atom is -0.504 e. The molecule has 28 heavy (non-hydrogen) atoms. The van der Waals surface area contributed by atoms with Crippen LogP contribution in [0.15, 0.2) is 23.8 Å². The molecule has 5 unspecified atom stereocenters. The van der Waals surface area contributed by atoms with Crippen LogP contribution in [0.5, 0.6) is 11.5 Å². The summed E-state index contributed by atoms with van der Waals surface area (Å²) in [7, 11) is 0. The summed E-state index contributed by atoms with van der Waals surface area (Å²) in [6.45, 7) is 9.25. The van der Waals surface area contributed by atoms with E-state index in [2.05, 4.69) is 27.7 Å². The number of carboxylic acids is 1. The first kappa shape index (κ1) is 19.4. The molecular weight excluding hydrogens is 352 g/mol. The molecule has 1 spiro atoms. The van der Waals surface area contributed by atoms with Crippen LogP contribution in [0.2, 0.25) is 0 Å². The lowest BCUT2D eigenvalue weighted by atomic mass is 9.56. The molecule has 152 valence electrons. The Morgan fingerprint density at radius 1 is 1.07 bits per heavy atom.